The minimum absolute atomic E-state index is 0.363. The molecule has 0 amide bonds. The molecule has 0 radical (unpaired) electrons. The zero-order valence-electron chi connectivity index (χ0n) is 15.8. The van der Waals surface area contributed by atoms with Crippen molar-refractivity contribution in [3.63, 3.8) is 0 Å². The molecule has 0 saturated heterocycles. The lowest BCUT2D eigenvalue weighted by atomic mass is 10.0. The molecule has 1 aromatic heterocycles. The highest BCUT2D eigenvalue weighted by molar-refractivity contribution is 7.80. The maximum absolute atomic E-state index is 10.4. The number of hydrogen-bond acceptors (Lipinski definition) is 5. The van der Waals surface area contributed by atoms with Gasteiger partial charge in [-0.15, -0.1) is 0 Å². The second-order valence-electron chi connectivity index (χ2n) is 6.64. The summed E-state index contributed by atoms with van der Waals surface area (Å²) >= 11 is 5.66. The lowest BCUT2D eigenvalue weighted by Gasteiger charge is -2.22. The van der Waals surface area contributed by atoms with Crippen molar-refractivity contribution in [2.24, 2.45) is 0 Å². The van der Waals surface area contributed by atoms with Gasteiger partial charge in [0.25, 0.3) is 0 Å². The van der Waals surface area contributed by atoms with Gasteiger partial charge in [0.15, 0.2) is 0 Å². The minimum atomic E-state index is 0.363. The van der Waals surface area contributed by atoms with Gasteiger partial charge < -0.3 is 5.11 Å². The highest BCUT2D eigenvalue weighted by Gasteiger charge is 2.15. The smallest absolute Gasteiger partial charge is 0.120 e. The van der Waals surface area contributed by atoms with Gasteiger partial charge in [-0.2, -0.15) is 0 Å². The summed E-state index contributed by atoms with van der Waals surface area (Å²) in [6.45, 7) is 7.24. The molecular formula is C22H25NOS3. The lowest BCUT2D eigenvalue weighted by Crippen LogP contribution is -2.24. The van der Waals surface area contributed by atoms with E-state index in [0.717, 1.165) is 53.0 Å². The average molecular weight is 416 g/mol. The fraction of sp³-hybridized carbons (Fsp3) is 0.318. The largest absolute Gasteiger partial charge is 0.508 e. The Bertz CT molecular complexity index is 924. The molecular weight excluding hydrogens is 390 g/mol. The van der Waals surface area contributed by atoms with Crippen LogP contribution in [0.3, 0.4) is 0 Å². The van der Waals surface area contributed by atoms with Crippen LogP contribution in [-0.4, -0.2) is 23.1 Å². The fourth-order valence-corrected chi connectivity index (χ4v) is 6.22. The second kappa shape index (κ2) is 9.60. The van der Waals surface area contributed by atoms with Gasteiger partial charge in [0.1, 0.15) is 9.57 Å². The molecule has 0 aliphatic heterocycles. The molecule has 1 N–H and O–H groups in total. The van der Waals surface area contributed by atoms with Crippen LogP contribution in [0.15, 0.2) is 48.5 Å². The van der Waals surface area contributed by atoms with E-state index in [4.69, 9.17) is 12.2 Å². The number of phenolic OH excluding ortho intramolecular Hbond substituents is 1. The minimum Gasteiger partial charge on any atom is -0.508 e. The molecule has 27 heavy (non-hydrogen) atoms. The standard InChI is InChI=1S/C22H25NOS3/c1-3-12-23(13-4-2)15-18-14-17(10-11-19(18)24)20-21(26-27-22(20)25)16-8-6-5-7-9-16/h5-11,14,24H,3-4,12-13,15H2,1-2H3. The third kappa shape index (κ3) is 4.85. The molecule has 0 saturated carbocycles. The third-order valence-electron chi connectivity index (χ3n) is 4.51. The summed E-state index contributed by atoms with van der Waals surface area (Å²) in [5.41, 5.74) is 4.37. The molecule has 0 aliphatic carbocycles. The molecule has 142 valence electrons. The number of benzene rings is 2. The predicted octanol–water partition coefficient (Wildman–Crippen LogP) is 7.20. The van der Waals surface area contributed by atoms with Crippen LogP contribution in [0.2, 0.25) is 0 Å². The van der Waals surface area contributed by atoms with Gasteiger partial charge in [-0.25, -0.2) is 0 Å². The number of hydrogen-bond donors (Lipinski definition) is 1. The summed E-state index contributed by atoms with van der Waals surface area (Å²) in [6.07, 6.45) is 2.22. The SMILES string of the molecule is CCCN(CCC)Cc1cc(-c2c(-c3ccccc3)ssc2=S)ccc1O. The van der Waals surface area contributed by atoms with Crippen molar-refractivity contribution in [2.45, 2.75) is 33.2 Å². The highest BCUT2D eigenvalue weighted by Crippen LogP contribution is 2.42. The van der Waals surface area contributed by atoms with Crippen LogP contribution in [0.25, 0.3) is 21.6 Å². The molecule has 0 bridgehead atoms. The van der Waals surface area contributed by atoms with E-state index in [1.54, 1.807) is 20.7 Å². The first-order valence-electron chi connectivity index (χ1n) is 9.37. The summed E-state index contributed by atoms with van der Waals surface area (Å²) in [6, 6.07) is 16.3. The van der Waals surface area contributed by atoms with Gasteiger partial charge in [-0.3, -0.25) is 4.90 Å². The summed E-state index contributed by atoms with van der Waals surface area (Å²) in [4.78, 5) is 3.61. The first-order valence-corrected chi connectivity index (χ1v) is 11.9. The van der Waals surface area contributed by atoms with Crippen molar-refractivity contribution in [1.82, 2.24) is 4.90 Å². The lowest BCUT2D eigenvalue weighted by molar-refractivity contribution is 0.263. The first-order chi connectivity index (χ1) is 13.1. The Kier molecular flexibility index (Phi) is 7.19. The van der Waals surface area contributed by atoms with Crippen molar-refractivity contribution in [3.05, 3.63) is 57.9 Å². The van der Waals surface area contributed by atoms with Gasteiger partial charge in [-0.1, -0.05) is 83.1 Å². The molecule has 0 atom stereocenters. The average Bonchev–Trinajstić information content (AvgIpc) is 3.06. The van der Waals surface area contributed by atoms with Gasteiger partial charge in [-0.05, 0) is 49.2 Å². The van der Waals surface area contributed by atoms with E-state index in [9.17, 15) is 5.11 Å². The zero-order chi connectivity index (χ0) is 19.2. The monoisotopic (exact) mass is 415 g/mol. The maximum Gasteiger partial charge on any atom is 0.120 e. The fourth-order valence-electron chi connectivity index (χ4n) is 3.30. The van der Waals surface area contributed by atoms with Crippen molar-refractivity contribution < 1.29 is 5.11 Å². The molecule has 2 nitrogen and oxygen atoms in total. The summed E-state index contributed by atoms with van der Waals surface area (Å²) in [7, 11) is 3.37. The van der Waals surface area contributed by atoms with E-state index in [1.807, 2.05) is 18.2 Å². The van der Waals surface area contributed by atoms with E-state index < -0.39 is 0 Å². The first kappa shape index (κ1) is 20.2. The molecule has 0 aliphatic rings. The zero-order valence-corrected chi connectivity index (χ0v) is 18.2. The highest BCUT2D eigenvalue weighted by atomic mass is 32.9. The number of phenols is 1. The molecule has 5 heteroatoms. The Balaban J connectivity index is 2.00. The van der Waals surface area contributed by atoms with Gasteiger partial charge in [0, 0.05) is 17.7 Å². The van der Waals surface area contributed by atoms with Crippen LogP contribution >= 0.6 is 32.9 Å². The van der Waals surface area contributed by atoms with Crippen LogP contribution in [0, 0.1) is 3.82 Å². The van der Waals surface area contributed by atoms with Gasteiger partial charge >= 0.3 is 0 Å². The quantitative estimate of drug-likeness (QED) is 0.311. The van der Waals surface area contributed by atoms with Crippen molar-refractivity contribution in [1.29, 1.82) is 0 Å². The van der Waals surface area contributed by atoms with E-state index in [2.05, 4.69) is 49.1 Å². The molecule has 3 aromatic rings. The summed E-state index contributed by atoms with van der Waals surface area (Å²) < 4.78 is 0.912. The van der Waals surface area contributed by atoms with E-state index >= 15 is 0 Å². The van der Waals surface area contributed by atoms with Crippen LogP contribution < -0.4 is 0 Å². The van der Waals surface area contributed by atoms with Crippen LogP contribution in [0.5, 0.6) is 5.75 Å². The third-order valence-corrected chi connectivity index (χ3v) is 7.58. The van der Waals surface area contributed by atoms with Crippen molar-refractivity contribution >= 4 is 32.9 Å². The van der Waals surface area contributed by atoms with E-state index in [0.29, 0.717) is 5.75 Å². The number of rotatable bonds is 8. The van der Waals surface area contributed by atoms with Gasteiger partial charge in [0.05, 0.1) is 4.88 Å². The van der Waals surface area contributed by atoms with Crippen molar-refractivity contribution in [3.8, 4) is 27.3 Å². The predicted molar refractivity (Wildman–Crippen MR) is 121 cm³/mol. The Labute approximate surface area is 174 Å². The van der Waals surface area contributed by atoms with Crippen LogP contribution in [0.1, 0.15) is 32.3 Å². The van der Waals surface area contributed by atoms with Crippen LogP contribution in [0.4, 0.5) is 0 Å². The number of aromatic hydroxyl groups is 1. The second-order valence-corrected chi connectivity index (χ2v) is 9.46. The Hall–Kier alpha value is -1.53. The Morgan fingerprint density at radius 1 is 0.926 bits per heavy atom. The molecule has 2 aromatic carbocycles. The Morgan fingerprint density at radius 3 is 2.30 bits per heavy atom. The molecule has 0 unspecified atom stereocenters. The topological polar surface area (TPSA) is 23.5 Å². The maximum atomic E-state index is 10.4. The summed E-state index contributed by atoms with van der Waals surface area (Å²) in [5.74, 6) is 0.363. The normalized spacial score (nSPS) is 11.2. The molecule has 3 rings (SSSR count). The molecule has 0 spiro atoms. The molecule has 1 heterocycles. The van der Waals surface area contributed by atoms with Crippen LogP contribution in [-0.2, 0) is 6.54 Å². The molecule has 0 fully saturated rings. The number of nitrogens with zero attached hydrogens (tertiary/aromatic N) is 1. The Morgan fingerprint density at radius 2 is 1.63 bits per heavy atom. The van der Waals surface area contributed by atoms with Gasteiger partial charge in [0.2, 0.25) is 0 Å². The summed E-state index contributed by atoms with van der Waals surface area (Å²) in [5, 5.41) is 10.4. The van der Waals surface area contributed by atoms with E-state index in [1.165, 1.54) is 10.4 Å². The van der Waals surface area contributed by atoms with E-state index in [-0.39, 0.29) is 0 Å². The van der Waals surface area contributed by atoms with Crippen molar-refractivity contribution in [2.75, 3.05) is 13.1 Å².